The lowest BCUT2D eigenvalue weighted by Crippen LogP contribution is -2.69. The van der Waals surface area contributed by atoms with Crippen LogP contribution in [0.1, 0.15) is 44.1 Å². The molecular formula is C20H33N5O. The van der Waals surface area contributed by atoms with Crippen molar-refractivity contribution in [1.29, 1.82) is 0 Å². The van der Waals surface area contributed by atoms with Crippen LogP contribution < -0.4 is 10.2 Å². The summed E-state index contributed by atoms with van der Waals surface area (Å²) >= 11 is 0. The SMILES string of the molecule is Cc1nc([C@@H]2CCCNC2)cc(N2C[C@@]3(C)CN(C)C[C@](C)(C2)C3O)n1. The van der Waals surface area contributed by atoms with Gasteiger partial charge in [0, 0.05) is 55.5 Å². The zero-order chi connectivity index (χ0) is 18.5. The Hall–Kier alpha value is -1.24. The molecule has 0 unspecified atom stereocenters. The van der Waals surface area contributed by atoms with E-state index < -0.39 is 0 Å². The summed E-state index contributed by atoms with van der Waals surface area (Å²) in [5.41, 5.74) is 0.903. The van der Waals surface area contributed by atoms with Gasteiger partial charge >= 0.3 is 0 Å². The standard InChI is InChI=1S/C20H33N5O/c1-14-22-16(15-6-5-7-21-9-15)8-17(23-14)25-12-19(2)10-24(4)11-20(3,13-25)18(19)26/h8,15,18,21,26H,5-7,9-13H2,1-4H3/t15-,19-,20-/m1/s1. The topological polar surface area (TPSA) is 64.5 Å². The van der Waals surface area contributed by atoms with Gasteiger partial charge in [0.25, 0.3) is 0 Å². The number of piperidine rings is 3. The molecule has 3 fully saturated rings. The highest BCUT2D eigenvalue weighted by Crippen LogP contribution is 2.46. The van der Waals surface area contributed by atoms with E-state index in [4.69, 9.17) is 9.97 Å². The van der Waals surface area contributed by atoms with Crippen molar-refractivity contribution in [1.82, 2.24) is 20.2 Å². The molecule has 3 aliphatic rings. The molecule has 2 bridgehead atoms. The zero-order valence-electron chi connectivity index (χ0n) is 16.6. The third-order valence-electron chi connectivity index (χ3n) is 6.57. The van der Waals surface area contributed by atoms with E-state index in [1.165, 1.54) is 18.5 Å². The summed E-state index contributed by atoms with van der Waals surface area (Å²) in [6.45, 7) is 12.1. The lowest BCUT2D eigenvalue weighted by Gasteiger charge is -2.59. The summed E-state index contributed by atoms with van der Waals surface area (Å²) in [4.78, 5) is 14.3. The average molecular weight is 360 g/mol. The second-order valence-electron chi connectivity index (χ2n) is 9.48. The third kappa shape index (κ3) is 3.12. The number of rotatable bonds is 2. The molecule has 0 amide bonds. The maximum atomic E-state index is 11.0. The molecule has 4 heterocycles. The largest absolute Gasteiger partial charge is 0.392 e. The van der Waals surface area contributed by atoms with Gasteiger partial charge in [-0.3, -0.25) is 0 Å². The molecule has 6 heteroatoms. The summed E-state index contributed by atoms with van der Waals surface area (Å²) in [6, 6.07) is 2.20. The highest BCUT2D eigenvalue weighted by molar-refractivity contribution is 5.43. The van der Waals surface area contributed by atoms with Crippen molar-refractivity contribution in [2.45, 2.75) is 45.6 Å². The van der Waals surface area contributed by atoms with Crippen LogP contribution in [-0.4, -0.2) is 72.4 Å². The van der Waals surface area contributed by atoms with Gasteiger partial charge in [-0.05, 0) is 33.4 Å². The number of hydrogen-bond acceptors (Lipinski definition) is 6. The average Bonchev–Trinajstić information content (AvgIpc) is 2.58. The molecule has 26 heavy (non-hydrogen) atoms. The van der Waals surface area contributed by atoms with Crippen LogP contribution in [0, 0.1) is 17.8 Å². The van der Waals surface area contributed by atoms with Gasteiger partial charge in [0.1, 0.15) is 11.6 Å². The molecule has 0 saturated carbocycles. The van der Waals surface area contributed by atoms with E-state index in [0.29, 0.717) is 5.92 Å². The number of likely N-dealkylation sites (tertiary alicyclic amines) is 1. The first-order valence-corrected chi connectivity index (χ1v) is 9.97. The summed E-state index contributed by atoms with van der Waals surface area (Å²) < 4.78 is 0. The Balaban J connectivity index is 1.64. The number of hydrogen-bond donors (Lipinski definition) is 2. The van der Waals surface area contributed by atoms with E-state index in [2.05, 4.69) is 42.1 Å². The quantitative estimate of drug-likeness (QED) is 0.832. The Morgan fingerprint density at radius 3 is 2.46 bits per heavy atom. The van der Waals surface area contributed by atoms with Crippen molar-refractivity contribution in [2.75, 3.05) is 51.2 Å². The molecule has 0 radical (unpaired) electrons. The molecule has 1 aromatic rings. The minimum atomic E-state index is -0.271. The Kier molecular flexibility index (Phi) is 4.48. The van der Waals surface area contributed by atoms with E-state index in [1.54, 1.807) is 0 Å². The van der Waals surface area contributed by atoms with E-state index in [1.807, 2.05) is 6.92 Å². The lowest BCUT2D eigenvalue weighted by molar-refractivity contribution is -0.127. The Bertz CT molecular complexity index is 654. The molecule has 0 aliphatic carbocycles. The van der Waals surface area contributed by atoms with Crippen LogP contribution in [0.2, 0.25) is 0 Å². The van der Waals surface area contributed by atoms with Crippen LogP contribution in [0.4, 0.5) is 5.82 Å². The number of nitrogens with one attached hydrogen (secondary N) is 1. The van der Waals surface area contributed by atoms with Crippen LogP contribution in [0.5, 0.6) is 0 Å². The van der Waals surface area contributed by atoms with E-state index in [9.17, 15) is 5.11 Å². The minimum absolute atomic E-state index is 0.134. The van der Waals surface area contributed by atoms with Crippen LogP contribution in [0.15, 0.2) is 6.07 Å². The maximum absolute atomic E-state index is 11.0. The number of fused-ring (bicyclic) bond motifs is 2. The molecule has 0 spiro atoms. The van der Waals surface area contributed by atoms with E-state index >= 15 is 0 Å². The van der Waals surface area contributed by atoms with Gasteiger partial charge < -0.3 is 20.2 Å². The van der Waals surface area contributed by atoms with Crippen LogP contribution in [0.3, 0.4) is 0 Å². The first-order valence-electron chi connectivity index (χ1n) is 9.97. The first-order chi connectivity index (χ1) is 12.3. The lowest BCUT2D eigenvalue weighted by atomic mass is 9.63. The van der Waals surface area contributed by atoms with E-state index in [0.717, 1.165) is 50.9 Å². The van der Waals surface area contributed by atoms with Crippen molar-refractivity contribution in [3.63, 3.8) is 0 Å². The van der Waals surface area contributed by atoms with Gasteiger partial charge in [-0.1, -0.05) is 13.8 Å². The number of aliphatic hydroxyl groups is 1. The van der Waals surface area contributed by atoms with Crippen LogP contribution in [0.25, 0.3) is 0 Å². The number of anilines is 1. The van der Waals surface area contributed by atoms with Gasteiger partial charge in [0.15, 0.2) is 0 Å². The monoisotopic (exact) mass is 359 g/mol. The summed E-state index contributed by atoms with van der Waals surface area (Å²) in [5, 5.41) is 14.5. The van der Waals surface area contributed by atoms with Gasteiger partial charge in [0.05, 0.1) is 11.8 Å². The van der Waals surface area contributed by atoms with Gasteiger partial charge in [-0.25, -0.2) is 9.97 Å². The molecular weight excluding hydrogens is 326 g/mol. The van der Waals surface area contributed by atoms with E-state index in [-0.39, 0.29) is 16.9 Å². The Morgan fingerprint density at radius 2 is 1.85 bits per heavy atom. The number of nitrogens with zero attached hydrogens (tertiary/aromatic N) is 4. The van der Waals surface area contributed by atoms with Gasteiger partial charge in [0.2, 0.25) is 0 Å². The highest BCUT2D eigenvalue weighted by atomic mass is 16.3. The number of aliphatic hydroxyl groups excluding tert-OH is 1. The fourth-order valence-corrected chi connectivity index (χ4v) is 5.72. The Labute approximate surface area is 157 Å². The molecule has 6 nitrogen and oxygen atoms in total. The third-order valence-corrected chi connectivity index (χ3v) is 6.57. The summed E-state index contributed by atoms with van der Waals surface area (Å²) in [7, 11) is 2.17. The fourth-order valence-electron chi connectivity index (χ4n) is 5.72. The Morgan fingerprint density at radius 1 is 1.15 bits per heavy atom. The molecule has 1 aromatic heterocycles. The maximum Gasteiger partial charge on any atom is 0.132 e. The normalized spacial score (nSPS) is 38.4. The predicted octanol–water partition coefficient (Wildman–Crippen LogP) is 1.39. The van der Waals surface area contributed by atoms with Crippen molar-refractivity contribution in [3.05, 3.63) is 17.6 Å². The molecule has 3 saturated heterocycles. The molecule has 3 atom stereocenters. The first kappa shape index (κ1) is 18.1. The van der Waals surface area contributed by atoms with Crippen molar-refractivity contribution in [3.8, 4) is 0 Å². The van der Waals surface area contributed by atoms with Crippen molar-refractivity contribution in [2.24, 2.45) is 10.8 Å². The fraction of sp³-hybridized carbons (Fsp3) is 0.800. The number of aryl methyl sites for hydroxylation is 1. The van der Waals surface area contributed by atoms with Gasteiger partial charge in [-0.15, -0.1) is 0 Å². The van der Waals surface area contributed by atoms with Gasteiger partial charge in [-0.2, -0.15) is 0 Å². The minimum Gasteiger partial charge on any atom is -0.392 e. The van der Waals surface area contributed by atoms with Crippen LogP contribution >= 0.6 is 0 Å². The summed E-state index contributed by atoms with van der Waals surface area (Å²) in [6.07, 6.45) is 2.14. The molecule has 4 rings (SSSR count). The second-order valence-corrected chi connectivity index (χ2v) is 9.48. The smallest absolute Gasteiger partial charge is 0.132 e. The van der Waals surface area contributed by atoms with Crippen molar-refractivity contribution < 1.29 is 5.11 Å². The van der Waals surface area contributed by atoms with Crippen LogP contribution in [-0.2, 0) is 0 Å². The molecule has 0 aromatic carbocycles. The zero-order valence-corrected chi connectivity index (χ0v) is 16.6. The second kappa shape index (κ2) is 6.43. The highest BCUT2D eigenvalue weighted by Gasteiger charge is 2.55. The molecule has 2 N–H and O–H groups in total. The molecule has 144 valence electrons. The predicted molar refractivity (Wildman–Crippen MR) is 104 cm³/mol. The molecule has 3 aliphatic heterocycles. The van der Waals surface area contributed by atoms with Crippen molar-refractivity contribution >= 4 is 5.82 Å². The summed E-state index contributed by atoms with van der Waals surface area (Å²) in [5.74, 6) is 2.37. The number of aromatic nitrogens is 2.